The van der Waals surface area contributed by atoms with Gasteiger partial charge in [0.1, 0.15) is 11.4 Å². The summed E-state index contributed by atoms with van der Waals surface area (Å²) in [5, 5.41) is 9.48. The highest BCUT2D eigenvalue weighted by Crippen LogP contribution is 2.50. The molecule has 0 amide bonds. The molecule has 0 aromatic heterocycles. The van der Waals surface area contributed by atoms with E-state index in [1.54, 1.807) is 34.6 Å². The number of hydrogen-bond acceptors (Lipinski definition) is 5. The first-order valence-corrected chi connectivity index (χ1v) is 6.83. The maximum atomic E-state index is 11.9. The van der Waals surface area contributed by atoms with Crippen LogP contribution in [-0.4, -0.2) is 23.9 Å². The van der Waals surface area contributed by atoms with Crippen LogP contribution in [0.5, 0.6) is 0 Å². The minimum atomic E-state index is -3.40. The molecule has 0 aromatic rings. The van der Waals surface area contributed by atoms with Gasteiger partial charge in [0.25, 0.3) is 5.95 Å². The van der Waals surface area contributed by atoms with E-state index in [1.165, 1.54) is 0 Å². The van der Waals surface area contributed by atoms with E-state index < -0.39 is 19.1 Å². The van der Waals surface area contributed by atoms with Crippen molar-refractivity contribution in [2.45, 2.75) is 40.2 Å². The van der Waals surface area contributed by atoms with Gasteiger partial charge in [-0.1, -0.05) is 0 Å². The summed E-state index contributed by atoms with van der Waals surface area (Å²) in [4.78, 5) is 0. The standard InChI is InChI=1S/C10H21O5P/c1-6-13-16(12,14-7-2)8-9(11)15-10(3,4)5/h8,11H,6-7H2,1-5H3. The molecule has 0 heterocycles. The van der Waals surface area contributed by atoms with Gasteiger partial charge in [0.15, 0.2) is 0 Å². The Bertz CT molecular complexity index is 269. The molecule has 6 heteroatoms. The van der Waals surface area contributed by atoms with Crippen LogP contribution in [0.15, 0.2) is 11.8 Å². The molecular formula is C10H21O5P. The van der Waals surface area contributed by atoms with E-state index in [1.807, 2.05) is 0 Å². The van der Waals surface area contributed by atoms with Gasteiger partial charge in [0, 0.05) is 0 Å². The van der Waals surface area contributed by atoms with E-state index in [9.17, 15) is 9.67 Å². The molecule has 0 atom stereocenters. The number of hydrogen-bond donors (Lipinski definition) is 1. The molecule has 0 saturated carbocycles. The lowest BCUT2D eigenvalue weighted by Gasteiger charge is -2.21. The Labute approximate surface area is 96.9 Å². The molecule has 0 radical (unpaired) electrons. The van der Waals surface area contributed by atoms with Crippen LogP contribution in [0.2, 0.25) is 0 Å². The van der Waals surface area contributed by atoms with Crippen LogP contribution in [0.25, 0.3) is 0 Å². The molecule has 96 valence electrons. The molecule has 0 saturated heterocycles. The van der Waals surface area contributed by atoms with Crippen molar-refractivity contribution >= 4 is 7.60 Å². The molecule has 0 aliphatic rings. The van der Waals surface area contributed by atoms with Crippen molar-refractivity contribution in [1.29, 1.82) is 0 Å². The molecule has 5 nitrogen and oxygen atoms in total. The third-order valence-electron chi connectivity index (χ3n) is 1.30. The minimum absolute atomic E-state index is 0.233. The lowest BCUT2D eigenvalue weighted by Crippen LogP contribution is -2.18. The summed E-state index contributed by atoms with van der Waals surface area (Å²) in [5.41, 5.74) is -0.566. The van der Waals surface area contributed by atoms with Gasteiger partial charge < -0.3 is 18.9 Å². The summed E-state index contributed by atoms with van der Waals surface area (Å²) in [7, 11) is -3.40. The fourth-order valence-corrected chi connectivity index (χ4v) is 2.21. The third kappa shape index (κ3) is 6.88. The summed E-state index contributed by atoms with van der Waals surface area (Å²) in [6.45, 7) is 9.16. The van der Waals surface area contributed by atoms with Gasteiger partial charge in [0.2, 0.25) is 0 Å². The van der Waals surface area contributed by atoms with Gasteiger partial charge in [-0.05, 0) is 34.6 Å². The highest BCUT2D eigenvalue weighted by Gasteiger charge is 2.24. The van der Waals surface area contributed by atoms with E-state index in [2.05, 4.69) is 0 Å². The second-order valence-corrected chi connectivity index (χ2v) is 5.91. The average molecular weight is 252 g/mol. The summed E-state index contributed by atoms with van der Waals surface area (Å²) in [6.07, 6.45) is 0. The zero-order chi connectivity index (χ0) is 12.8. The van der Waals surface area contributed by atoms with E-state index in [-0.39, 0.29) is 13.2 Å². The normalized spacial score (nSPS) is 13.9. The van der Waals surface area contributed by atoms with Crippen molar-refractivity contribution < 1.29 is 23.5 Å². The second-order valence-electron chi connectivity index (χ2n) is 4.06. The molecule has 0 fully saturated rings. The van der Waals surface area contributed by atoms with Crippen molar-refractivity contribution in [3.05, 3.63) is 11.8 Å². The van der Waals surface area contributed by atoms with E-state index in [0.717, 1.165) is 5.82 Å². The van der Waals surface area contributed by atoms with E-state index in [4.69, 9.17) is 13.8 Å². The van der Waals surface area contributed by atoms with Crippen LogP contribution >= 0.6 is 7.60 Å². The Morgan fingerprint density at radius 1 is 1.25 bits per heavy atom. The summed E-state index contributed by atoms with van der Waals surface area (Å²) in [5.74, 6) is 0.545. The fraction of sp³-hybridized carbons (Fsp3) is 0.800. The van der Waals surface area contributed by atoms with Gasteiger partial charge in [0.05, 0.1) is 13.2 Å². The van der Waals surface area contributed by atoms with Crippen LogP contribution in [0.3, 0.4) is 0 Å². The second kappa shape index (κ2) is 6.28. The molecule has 1 N–H and O–H groups in total. The lowest BCUT2D eigenvalue weighted by atomic mass is 10.2. The van der Waals surface area contributed by atoms with Crippen LogP contribution < -0.4 is 0 Å². The zero-order valence-corrected chi connectivity index (χ0v) is 11.4. The fourth-order valence-electron chi connectivity index (χ4n) is 0.947. The Balaban J connectivity index is 4.71. The molecule has 0 aromatic carbocycles. The van der Waals surface area contributed by atoms with Crippen molar-refractivity contribution in [2.24, 2.45) is 0 Å². The largest absolute Gasteiger partial charge is 0.481 e. The van der Waals surface area contributed by atoms with E-state index in [0.29, 0.717) is 0 Å². The summed E-state index contributed by atoms with van der Waals surface area (Å²) >= 11 is 0. The Morgan fingerprint density at radius 2 is 1.69 bits per heavy atom. The highest BCUT2D eigenvalue weighted by atomic mass is 31.2. The lowest BCUT2D eigenvalue weighted by molar-refractivity contribution is -0.0142. The predicted molar refractivity (Wildman–Crippen MR) is 62.4 cm³/mol. The number of rotatable bonds is 6. The smallest absolute Gasteiger partial charge is 0.361 e. The Hall–Kier alpha value is -0.510. The predicted octanol–water partition coefficient (Wildman–Crippen LogP) is 3.42. The minimum Gasteiger partial charge on any atom is -0.481 e. The SMILES string of the molecule is CCOP(=O)(C=C(O)OC(C)(C)C)OCC. The van der Waals surface area contributed by atoms with Crippen LogP contribution in [0.4, 0.5) is 0 Å². The first kappa shape index (κ1) is 15.5. The molecule has 0 unspecified atom stereocenters. The topological polar surface area (TPSA) is 65.0 Å². The van der Waals surface area contributed by atoms with Crippen molar-refractivity contribution in [1.82, 2.24) is 0 Å². The Morgan fingerprint density at radius 3 is 2.00 bits per heavy atom. The zero-order valence-electron chi connectivity index (χ0n) is 10.5. The number of aliphatic hydroxyl groups is 1. The third-order valence-corrected chi connectivity index (χ3v) is 3.07. The first-order valence-electron chi connectivity index (χ1n) is 5.22. The highest BCUT2D eigenvalue weighted by molar-refractivity contribution is 7.57. The molecule has 0 spiro atoms. The van der Waals surface area contributed by atoms with Gasteiger partial charge in [-0.2, -0.15) is 0 Å². The quantitative estimate of drug-likeness (QED) is 0.579. The number of aliphatic hydroxyl groups excluding tert-OH is 1. The maximum Gasteiger partial charge on any atom is 0.361 e. The van der Waals surface area contributed by atoms with Gasteiger partial charge in [-0.15, -0.1) is 0 Å². The van der Waals surface area contributed by atoms with Crippen LogP contribution in [-0.2, 0) is 18.3 Å². The molecule has 0 rings (SSSR count). The molecule has 0 aliphatic heterocycles. The number of ether oxygens (including phenoxy) is 1. The summed E-state index contributed by atoms with van der Waals surface area (Å²) < 4.78 is 27.0. The van der Waals surface area contributed by atoms with Crippen molar-refractivity contribution in [3.63, 3.8) is 0 Å². The first-order chi connectivity index (χ1) is 7.22. The average Bonchev–Trinajstić information content (AvgIpc) is 1.99. The van der Waals surface area contributed by atoms with Gasteiger partial charge in [-0.25, -0.2) is 0 Å². The molecule has 0 aliphatic carbocycles. The van der Waals surface area contributed by atoms with Gasteiger partial charge in [-0.3, -0.25) is 4.57 Å². The summed E-state index contributed by atoms with van der Waals surface area (Å²) in [6, 6.07) is 0. The monoisotopic (exact) mass is 252 g/mol. The van der Waals surface area contributed by atoms with Crippen LogP contribution in [0, 0.1) is 0 Å². The van der Waals surface area contributed by atoms with Gasteiger partial charge >= 0.3 is 7.60 Å². The van der Waals surface area contributed by atoms with Crippen molar-refractivity contribution in [2.75, 3.05) is 13.2 Å². The van der Waals surface area contributed by atoms with Crippen molar-refractivity contribution in [3.8, 4) is 0 Å². The molecular weight excluding hydrogens is 231 g/mol. The maximum absolute atomic E-state index is 11.9. The van der Waals surface area contributed by atoms with E-state index >= 15 is 0 Å². The molecule has 0 bridgehead atoms. The Kier molecular flexibility index (Phi) is 6.08. The van der Waals surface area contributed by atoms with Crippen LogP contribution in [0.1, 0.15) is 34.6 Å². The molecule has 16 heavy (non-hydrogen) atoms.